The summed E-state index contributed by atoms with van der Waals surface area (Å²) in [6.45, 7) is 4.25. The molecule has 0 saturated carbocycles. The van der Waals surface area contributed by atoms with Crippen molar-refractivity contribution in [2.75, 3.05) is 13.1 Å². The summed E-state index contributed by atoms with van der Waals surface area (Å²) in [5.74, 6) is 1.43. The number of nitrogens with zero attached hydrogens (tertiary/aromatic N) is 3. The zero-order valence-electron chi connectivity index (χ0n) is 15.3. The molecule has 7 nitrogen and oxygen atoms in total. The van der Waals surface area contributed by atoms with E-state index in [0.717, 1.165) is 37.3 Å². The predicted octanol–water partition coefficient (Wildman–Crippen LogP) is 2.77. The molecule has 0 atom stereocenters. The van der Waals surface area contributed by atoms with Gasteiger partial charge in [-0.25, -0.2) is 0 Å². The molecule has 1 amide bonds. The van der Waals surface area contributed by atoms with Crippen LogP contribution in [0.2, 0.25) is 0 Å². The standard InChI is InChI=1S/C20H23N5O2/c1-14-4-5-19(27-14)17-11-18(24-23-17)20(26)25(16-6-9-21-10-7-16)13-15-3-2-8-22-12-15/h2-5,8,11-12,16,21H,6-7,9-10,13H2,1H3,(H,23,24). The predicted molar refractivity (Wildman–Crippen MR) is 101 cm³/mol. The molecule has 1 aliphatic heterocycles. The first-order chi connectivity index (χ1) is 13.2. The molecule has 1 saturated heterocycles. The topological polar surface area (TPSA) is 87.0 Å². The summed E-state index contributed by atoms with van der Waals surface area (Å²) >= 11 is 0. The quantitative estimate of drug-likeness (QED) is 0.726. The number of hydrogen-bond donors (Lipinski definition) is 2. The van der Waals surface area contributed by atoms with Gasteiger partial charge in [0, 0.05) is 31.0 Å². The molecule has 0 aromatic carbocycles. The number of carbonyl (C=O) groups is 1. The molecule has 4 heterocycles. The summed E-state index contributed by atoms with van der Waals surface area (Å²) in [4.78, 5) is 19.4. The van der Waals surface area contributed by atoms with Crippen LogP contribution in [0.15, 0.2) is 47.1 Å². The number of furan rings is 1. The van der Waals surface area contributed by atoms with Gasteiger partial charge >= 0.3 is 0 Å². The minimum atomic E-state index is -0.0727. The van der Waals surface area contributed by atoms with Crippen molar-refractivity contribution in [1.82, 2.24) is 25.4 Å². The summed E-state index contributed by atoms with van der Waals surface area (Å²) in [5.41, 5.74) is 2.13. The van der Waals surface area contributed by atoms with Crippen LogP contribution in [0, 0.1) is 6.92 Å². The molecule has 0 bridgehead atoms. The molecule has 0 radical (unpaired) electrons. The van der Waals surface area contributed by atoms with Crippen LogP contribution in [0.4, 0.5) is 0 Å². The van der Waals surface area contributed by atoms with Gasteiger partial charge in [-0.1, -0.05) is 6.07 Å². The number of nitrogens with one attached hydrogen (secondary N) is 2. The Labute approximate surface area is 157 Å². The third-order valence-electron chi connectivity index (χ3n) is 4.89. The summed E-state index contributed by atoms with van der Waals surface area (Å²) in [5, 5.41) is 10.5. The lowest BCUT2D eigenvalue weighted by Crippen LogP contribution is -2.45. The number of aryl methyl sites for hydroxylation is 1. The van der Waals surface area contributed by atoms with E-state index in [1.807, 2.05) is 42.3 Å². The summed E-state index contributed by atoms with van der Waals surface area (Å²) in [6.07, 6.45) is 5.41. The Hall–Kier alpha value is -2.93. The third-order valence-corrected chi connectivity index (χ3v) is 4.89. The second-order valence-electron chi connectivity index (χ2n) is 6.85. The fraction of sp³-hybridized carbons (Fsp3) is 0.350. The maximum absolute atomic E-state index is 13.3. The number of rotatable bonds is 5. The van der Waals surface area contributed by atoms with Crippen LogP contribution in [0.5, 0.6) is 0 Å². The summed E-state index contributed by atoms with van der Waals surface area (Å²) in [6, 6.07) is 9.60. The highest BCUT2D eigenvalue weighted by atomic mass is 16.3. The molecule has 0 unspecified atom stereocenters. The zero-order valence-corrected chi connectivity index (χ0v) is 15.3. The fourth-order valence-electron chi connectivity index (χ4n) is 3.46. The minimum absolute atomic E-state index is 0.0727. The van der Waals surface area contributed by atoms with Gasteiger partial charge in [-0.2, -0.15) is 5.10 Å². The first kappa shape index (κ1) is 17.5. The van der Waals surface area contributed by atoms with Crippen molar-refractivity contribution in [1.29, 1.82) is 0 Å². The lowest BCUT2D eigenvalue weighted by Gasteiger charge is -2.34. The molecular formula is C20H23N5O2. The summed E-state index contributed by atoms with van der Waals surface area (Å²) < 4.78 is 5.62. The Morgan fingerprint density at radius 2 is 2.15 bits per heavy atom. The maximum Gasteiger partial charge on any atom is 0.274 e. The number of piperidine rings is 1. The van der Waals surface area contributed by atoms with Crippen LogP contribution < -0.4 is 5.32 Å². The Bertz CT molecular complexity index is 896. The van der Waals surface area contributed by atoms with Gasteiger partial charge in [-0.3, -0.25) is 14.9 Å². The van der Waals surface area contributed by atoms with E-state index in [9.17, 15) is 4.79 Å². The normalized spacial score (nSPS) is 15.0. The van der Waals surface area contributed by atoms with E-state index in [-0.39, 0.29) is 11.9 Å². The van der Waals surface area contributed by atoms with E-state index in [2.05, 4.69) is 20.5 Å². The Morgan fingerprint density at radius 1 is 1.30 bits per heavy atom. The van der Waals surface area contributed by atoms with Gasteiger partial charge in [0.2, 0.25) is 0 Å². The fourth-order valence-corrected chi connectivity index (χ4v) is 3.46. The Kier molecular flexibility index (Phi) is 5.02. The average molecular weight is 365 g/mol. The zero-order chi connectivity index (χ0) is 18.6. The molecule has 1 aliphatic rings. The van der Waals surface area contributed by atoms with E-state index >= 15 is 0 Å². The number of carbonyl (C=O) groups excluding carboxylic acids is 1. The molecule has 7 heteroatoms. The monoisotopic (exact) mass is 365 g/mol. The van der Waals surface area contributed by atoms with Gasteiger partial charge in [0.1, 0.15) is 11.5 Å². The van der Waals surface area contributed by atoms with Crippen LogP contribution in [0.3, 0.4) is 0 Å². The molecule has 0 aliphatic carbocycles. The minimum Gasteiger partial charge on any atom is -0.460 e. The number of pyridine rings is 1. The molecule has 27 heavy (non-hydrogen) atoms. The van der Waals surface area contributed by atoms with Gasteiger partial charge in [-0.15, -0.1) is 0 Å². The second-order valence-corrected chi connectivity index (χ2v) is 6.85. The number of H-pyrrole nitrogens is 1. The number of aromatic nitrogens is 3. The third kappa shape index (κ3) is 3.93. The van der Waals surface area contributed by atoms with E-state index in [4.69, 9.17) is 4.42 Å². The lowest BCUT2D eigenvalue weighted by molar-refractivity contribution is 0.0617. The smallest absolute Gasteiger partial charge is 0.274 e. The largest absolute Gasteiger partial charge is 0.460 e. The highest BCUT2D eigenvalue weighted by Gasteiger charge is 2.28. The van der Waals surface area contributed by atoms with Gasteiger partial charge in [0.15, 0.2) is 11.5 Å². The molecule has 4 rings (SSSR count). The Morgan fingerprint density at radius 3 is 2.85 bits per heavy atom. The molecule has 2 N–H and O–H groups in total. The SMILES string of the molecule is Cc1ccc(-c2cc(C(=O)N(Cc3cccnc3)C3CCNCC3)n[nH]2)o1. The van der Waals surface area contributed by atoms with Gasteiger partial charge in [0.05, 0.1) is 0 Å². The number of aromatic amines is 1. The van der Waals surface area contributed by atoms with Gasteiger partial charge in [-0.05, 0) is 56.6 Å². The van der Waals surface area contributed by atoms with E-state index < -0.39 is 0 Å². The first-order valence-corrected chi connectivity index (χ1v) is 9.23. The number of hydrogen-bond acceptors (Lipinski definition) is 5. The molecule has 140 valence electrons. The Balaban J connectivity index is 1.59. The van der Waals surface area contributed by atoms with Crippen LogP contribution >= 0.6 is 0 Å². The average Bonchev–Trinajstić information content (AvgIpc) is 3.36. The molecule has 1 fully saturated rings. The lowest BCUT2D eigenvalue weighted by atomic mass is 10.0. The first-order valence-electron chi connectivity index (χ1n) is 9.23. The number of amides is 1. The van der Waals surface area contributed by atoms with Gasteiger partial charge in [0.25, 0.3) is 5.91 Å². The van der Waals surface area contributed by atoms with Crippen molar-refractivity contribution in [2.45, 2.75) is 32.4 Å². The maximum atomic E-state index is 13.3. The van der Waals surface area contributed by atoms with Crippen LogP contribution in [-0.2, 0) is 6.54 Å². The van der Waals surface area contributed by atoms with E-state index in [1.165, 1.54) is 0 Å². The van der Waals surface area contributed by atoms with Crippen molar-refractivity contribution in [3.05, 3.63) is 59.7 Å². The molecule has 0 spiro atoms. The highest BCUT2D eigenvalue weighted by Crippen LogP contribution is 2.23. The second kappa shape index (κ2) is 7.75. The van der Waals surface area contributed by atoms with Crippen molar-refractivity contribution in [2.24, 2.45) is 0 Å². The van der Waals surface area contributed by atoms with Crippen molar-refractivity contribution in [3.8, 4) is 11.5 Å². The van der Waals surface area contributed by atoms with Crippen molar-refractivity contribution in [3.63, 3.8) is 0 Å². The van der Waals surface area contributed by atoms with Crippen molar-refractivity contribution < 1.29 is 9.21 Å². The van der Waals surface area contributed by atoms with E-state index in [0.29, 0.717) is 23.7 Å². The van der Waals surface area contributed by atoms with Crippen LogP contribution in [0.1, 0.15) is 34.7 Å². The van der Waals surface area contributed by atoms with Crippen LogP contribution in [0.25, 0.3) is 11.5 Å². The molecule has 3 aromatic heterocycles. The van der Waals surface area contributed by atoms with Crippen LogP contribution in [-0.4, -0.2) is 45.1 Å². The molecular weight excluding hydrogens is 342 g/mol. The van der Waals surface area contributed by atoms with Crippen molar-refractivity contribution >= 4 is 5.91 Å². The van der Waals surface area contributed by atoms with Gasteiger partial charge < -0.3 is 14.6 Å². The molecule has 3 aromatic rings. The van der Waals surface area contributed by atoms with E-state index in [1.54, 1.807) is 12.3 Å². The summed E-state index contributed by atoms with van der Waals surface area (Å²) in [7, 11) is 0. The highest BCUT2D eigenvalue weighted by molar-refractivity contribution is 5.93.